The van der Waals surface area contributed by atoms with Crippen molar-refractivity contribution in [2.75, 3.05) is 0 Å². The van der Waals surface area contributed by atoms with Gasteiger partial charge in [-0.2, -0.15) is 0 Å². The van der Waals surface area contributed by atoms with Gasteiger partial charge in [0.15, 0.2) is 0 Å². The number of carboxylic acids is 1. The fourth-order valence-corrected chi connectivity index (χ4v) is 8.54. The zero-order chi connectivity index (χ0) is 21.7. The fourth-order valence-electron chi connectivity index (χ4n) is 8.54. The summed E-state index contributed by atoms with van der Waals surface area (Å²) >= 11 is 0. The van der Waals surface area contributed by atoms with E-state index >= 15 is 0 Å². The number of aliphatic hydroxyl groups excluding tert-OH is 1. The minimum Gasteiger partial charge on any atom is -0.481 e. The summed E-state index contributed by atoms with van der Waals surface area (Å²) in [5, 5.41) is 19.4. The van der Waals surface area contributed by atoms with Crippen LogP contribution in [0, 0.1) is 46.3 Å². The number of aliphatic carboxylic acids is 1. The Hall–Kier alpha value is -0.830. The van der Waals surface area contributed by atoms with Crippen LogP contribution in [0.1, 0.15) is 98.3 Å². The van der Waals surface area contributed by atoms with Crippen molar-refractivity contribution in [1.82, 2.24) is 0 Å². The van der Waals surface area contributed by atoms with Gasteiger partial charge in [-0.3, -0.25) is 4.79 Å². The standard InChI is InChI=1S/C27H44O3/c1-17(6-5-7-18(2)25(29)30)22-10-11-23-21-9-8-19-16-20(28)12-14-26(19,3)24(21)13-15-27(22,23)4/h9,17-20,22-24,28H,5-8,10-16H2,1-4H3,(H,29,30)/t17-,18+,19+,20+,22-,23+,24+,26+,27-/m1/s1. The highest BCUT2D eigenvalue weighted by atomic mass is 16.4. The maximum Gasteiger partial charge on any atom is 0.306 e. The predicted octanol–water partition coefficient (Wildman–Crippen LogP) is 6.45. The molecule has 170 valence electrons. The van der Waals surface area contributed by atoms with Crippen molar-refractivity contribution in [3.63, 3.8) is 0 Å². The van der Waals surface area contributed by atoms with E-state index in [1.54, 1.807) is 5.57 Å². The van der Waals surface area contributed by atoms with Crippen LogP contribution in [0.5, 0.6) is 0 Å². The number of allylic oxidation sites excluding steroid dienone is 2. The lowest BCUT2D eigenvalue weighted by Crippen LogP contribution is -2.49. The molecule has 4 aliphatic rings. The Bertz CT molecular complexity index is 684. The first-order valence-electron chi connectivity index (χ1n) is 12.8. The molecular formula is C27H44O3. The van der Waals surface area contributed by atoms with Crippen LogP contribution < -0.4 is 0 Å². The van der Waals surface area contributed by atoms with E-state index in [0.29, 0.717) is 22.7 Å². The number of carboxylic acid groups (broad SMARTS) is 1. The molecule has 0 aromatic heterocycles. The Morgan fingerprint density at radius 1 is 1.07 bits per heavy atom. The van der Waals surface area contributed by atoms with Crippen LogP contribution in [-0.4, -0.2) is 22.3 Å². The van der Waals surface area contributed by atoms with E-state index in [1.807, 2.05) is 6.92 Å². The third-order valence-electron chi connectivity index (χ3n) is 10.5. The van der Waals surface area contributed by atoms with Crippen molar-refractivity contribution >= 4 is 5.97 Å². The number of hydrogen-bond acceptors (Lipinski definition) is 2. The van der Waals surface area contributed by atoms with Crippen molar-refractivity contribution in [2.24, 2.45) is 46.3 Å². The lowest BCUT2D eigenvalue weighted by molar-refractivity contribution is -0.141. The van der Waals surface area contributed by atoms with Gasteiger partial charge in [0.1, 0.15) is 0 Å². The van der Waals surface area contributed by atoms with Crippen LogP contribution >= 0.6 is 0 Å². The van der Waals surface area contributed by atoms with E-state index in [-0.39, 0.29) is 12.0 Å². The number of hydrogen-bond donors (Lipinski definition) is 2. The lowest BCUT2D eigenvalue weighted by atomic mass is 9.47. The molecule has 0 amide bonds. The monoisotopic (exact) mass is 416 g/mol. The van der Waals surface area contributed by atoms with Gasteiger partial charge < -0.3 is 10.2 Å². The van der Waals surface area contributed by atoms with E-state index in [1.165, 1.54) is 44.9 Å². The van der Waals surface area contributed by atoms with Gasteiger partial charge in [-0.05, 0) is 98.2 Å². The third-order valence-corrected chi connectivity index (χ3v) is 10.5. The second-order valence-corrected chi connectivity index (χ2v) is 12.1. The van der Waals surface area contributed by atoms with Gasteiger partial charge in [-0.25, -0.2) is 0 Å². The largest absolute Gasteiger partial charge is 0.481 e. The van der Waals surface area contributed by atoms with Gasteiger partial charge in [-0.15, -0.1) is 0 Å². The van der Waals surface area contributed by atoms with Crippen molar-refractivity contribution in [3.05, 3.63) is 11.6 Å². The summed E-state index contributed by atoms with van der Waals surface area (Å²) in [4.78, 5) is 11.1. The predicted molar refractivity (Wildman–Crippen MR) is 121 cm³/mol. The molecule has 30 heavy (non-hydrogen) atoms. The zero-order valence-electron chi connectivity index (χ0n) is 19.7. The van der Waals surface area contributed by atoms with Crippen molar-refractivity contribution in [1.29, 1.82) is 0 Å². The molecular weight excluding hydrogens is 372 g/mol. The molecule has 2 N–H and O–H groups in total. The van der Waals surface area contributed by atoms with E-state index in [0.717, 1.165) is 43.4 Å². The Kier molecular flexibility index (Phi) is 6.16. The molecule has 0 saturated heterocycles. The number of fused-ring (bicyclic) bond motifs is 5. The summed E-state index contributed by atoms with van der Waals surface area (Å²) < 4.78 is 0. The molecule has 3 saturated carbocycles. The summed E-state index contributed by atoms with van der Waals surface area (Å²) in [6.45, 7) is 9.41. The van der Waals surface area contributed by atoms with Crippen LogP contribution in [-0.2, 0) is 4.79 Å². The first-order valence-corrected chi connectivity index (χ1v) is 12.8. The van der Waals surface area contributed by atoms with Crippen molar-refractivity contribution in [3.8, 4) is 0 Å². The van der Waals surface area contributed by atoms with Gasteiger partial charge in [0, 0.05) is 0 Å². The average molecular weight is 417 g/mol. The number of carbonyl (C=O) groups is 1. The molecule has 9 atom stereocenters. The van der Waals surface area contributed by atoms with Crippen LogP contribution in [0.15, 0.2) is 11.6 Å². The van der Waals surface area contributed by atoms with Crippen LogP contribution in [0.4, 0.5) is 0 Å². The van der Waals surface area contributed by atoms with Gasteiger partial charge in [-0.1, -0.05) is 52.2 Å². The first-order chi connectivity index (χ1) is 14.2. The van der Waals surface area contributed by atoms with Gasteiger partial charge in [0.2, 0.25) is 0 Å². The molecule has 0 spiro atoms. The molecule has 0 unspecified atom stereocenters. The summed E-state index contributed by atoms with van der Waals surface area (Å²) in [6.07, 6.45) is 15.3. The van der Waals surface area contributed by atoms with Crippen LogP contribution in [0.25, 0.3) is 0 Å². The maximum absolute atomic E-state index is 11.1. The van der Waals surface area contributed by atoms with Gasteiger partial charge in [0.05, 0.1) is 12.0 Å². The molecule has 0 aliphatic heterocycles. The molecule has 0 aromatic rings. The number of aliphatic hydroxyl groups is 1. The Morgan fingerprint density at radius 3 is 2.50 bits per heavy atom. The van der Waals surface area contributed by atoms with E-state index in [9.17, 15) is 9.90 Å². The summed E-state index contributed by atoms with van der Waals surface area (Å²) in [5.74, 6) is 2.78. The average Bonchev–Trinajstić information content (AvgIpc) is 3.05. The van der Waals surface area contributed by atoms with Crippen LogP contribution in [0.3, 0.4) is 0 Å². The molecule has 0 radical (unpaired) electrons. The van der Waals surface area contributed by atoms with E-state index < -0.39 is 5.97 Å². The molecule has 4 aliphatic carbocycles. The summed E-state index contributed by atoms with van der Waals surface area (Å²) in [5.41, 5.74) is 2.63. The smallest absolute Gasteiger partial charge is 0.306 e. The minimum absolute atomic E-state index is 0.0764. The van der Waals surface area contributed by atoms with Crippen molar-refractivity contribution < 1.29 is 15.0 Å². The molecule has 0 aromatic carbocycles. The van der Waals surface area contributed by atoms with Gasteiger partial charge in [0.25, 0.3) is 0 Å². The molecule has 4 rings (SSSR count). The second-order valence-electron chi connectivity index (χ2n) is 12.1. The van der Waals surface area contributed by atoms with Crippen LogP contribution in [0.2, 0.25) is 0 Å². The Balaban J connectivity index is 1.45. The molecule has 3 heteroatoms. The summed E-state index contributed by atoms with van der Waals surface area (Å²) in [7, 11) is 0. The SMILES string of the molecule is C[C@H](CCC[C@H](C)C(=O)O)[C@H]1CC[C@H]2C3=CC[C@H]4C[C@@H](O)CC[C@]4(C)[C@H]3CC[C@]12C. The molecule has 0 heterocycles. The highest BCUT2D eigenvalue weighted by Gasteiger charge is 2.58. The van der Waals surface area contributed by atoms with Gasteiger partial charge >= 0.3 is 5.97 Å². The minimum atomic E-state index is -0.653. The topological polar surface area (TPSA) is 57.5 Å². The third kappa shape index (κ3) is 3.67. The highest BCUT2D eigenvalue weighted by Crippen LogP contribution is 2.66. The van der Waals surface area contributed by atoms with E-state index in [4.69, 9.17) is 5.11 Å². The zero-order valence-corrected chi connectivity index (χ0v) is 19.7. The molecule has 3 fully saturated rings. The second kappa shape index (κ2) is 8.26. The lowest BCUT2D eigenvalue weighted by Gasteiger charge is -2.57. The normalized spacial score (nSPS) is 45.0. The van der Waals surface area contributed by atoms with E-state index in [2.05, 4.69) is 26.8 Å². The first kappa shape index (κ1) is 22.4. The molecule has 3 nitrogen and oxygen atoms in total. The number of rotatable bonds is 6. The molecule has 0 bridgehead atoms. The quantitative estimate of drug-likeness (QED) is 0.489. The Labute approximate surface area is 183 Å². The highest BCUT2D eigenvalue weighted by molar-refractivity contribution is 5.69. The summed E-state index contributed by atoms with van der Waals surface area (Å²) in [6, 6.07) is 0. The fraction of sp³-hybridized carbons (Fsp3) is 0.889. The Morgan fingerprint density at radius 2 is 1.77 bits per heavy atom. The maximum atomic E-state index is 11.1. The van der Waals surface area contributed by atoms with Crippen molar-refractivity contribution in [2.45, 2.75) is 104 Å².